The lowest BCUT2D eigenvalue weighted by molar-refractivity contribution is 1.36. The number of fused-ring (bicyclic) bond motifs is 7. The quantitative estimate of drug-likeness (QED) is 0.279. The summed E-state index contributed by atoms with van der Waals surface area (Å²) in [4.78, 5) is 3.67. The molecule has 5 aromatic carbocycles. The molecule has 0 spiro atoms. The fraction of sp³-hybridized carbons (Fsp3) is 0. The molecule has 0 unspecified atom stereocenters. The first-order valence-electron chi connectivity index (χ1n) is 10.4. The number of para-hydroxylation sites is 1. The fourth-order valence-corrected chi connectivity index (χ4v) is 5.59. The van der Waals surface area contributed by atoms with Gasteiger partial charge in [0.1, 0.15) is 0 Å². The lowest BCUT2D eigenvalue weighted by Gasteiger charge is -2.05. The molecule has 0 atom stereocenters. The Morgan fingerprint density at radius 3 is 2.20 bits per heavy atom. The number of hydrogen-bond acceptors (Lipinski definition) is 0. The van der Waals surface area contributed by atoms with Gasteiger partial charge in [0.05, 0.1) is 16.6 Å². The van der Waals surface area contributed by atoms with Gasteiger partial charge in [-0.1, -0.05) is 60.7 Å². The maximum atomic E-state index is 3.67. The van der Waals surface area contributed by atoms with Crippen molar-refractivity contribution in [2.75, 3.05) is 0 Å². The van der Waals surface area contributed by atoms with Crippen LogP contribution in [-0.4, -0.2) is 9.38 Å². The Morgan fingerprint density at radius 2 is 1.27 bits per heavy atom. The van der Waals surface area contributed by atoms with Crippen LogP contribution in [0.5, 0.6) is 0 Å². The molecule has 0 aliphatic heterocycles. The molecule has 3 aromatic heterocycles. The van der Waals surface area contributed by atoms with Gasteiger partial charge in [-0.25, -0.2) is 0 Å². The van der Waals surface area contributed by atoms with Crippen LogP contribution < -0.4 is 0 Å². The van der Waals surface area contributed by atoms with Crippen molar-refractivity contribution in [3.63, 3.8) is 0 Å². The highest BCUT2D eigenvalue weighted by Gasteiger charge is 2.19. The van der Waals surface area contributed by atoms with Gasteiger partial charge in [0.15, 0.2) is 0 Å². The van der Waals surface area contributed by atoms with Crippen LogP contribution in [0.3, 0.4) is 0 Å². The number of nitrogens with one attached hydrogen (secondary N) is 1. The average molecular weight is 380 g/mol. The van der Waals surface area contributed by atoms with Crippen molar-refractivity contribution in [2.45, 2.75) is 0 Å². The smallest absolute Gasteiger partial charge is 0.0641 e. The van der Waals surface area contributed by atoms with Gasteiger partial charge >= 0.3 is 0 Å². The van der Waals surface area contributed by atoms with E-state index in [1.807, 2.05) is 0 Å². The van der Waals surface area contributed by atoms with Gasteiger partial charge in [0, 0.05) is 38.0 Å². The second kappa shape index (κ2) is 4.92. The third-order valence-electron chi connectivity index (χ3n) is 6.82. The van der Waals surface area contributed by atoms with E-state index in [0.717, 1.165) is 0 Å². The molecule has 8 rings (SSSR count). The minimum absolute atomic E-state index is 1.20. The Morgan fingerprint density at radius 1 is 0.500 bits per heavy atom. The Balaban J connectivity index is 1.89. The van der Waals surface area contributed by atoms with Crippen molar-refractivity contribution < 1.29 is 0 Å². The zero-order valence-corrected chi connectivity index (χ0v) is 16.1. The molecule has 1 N–H and O–H groups in total. The zero-order chi connectivity index (χ0) is 19.4. The van der Waals surface area contributed by atoms with Gasteiger partial charge in [-0.15, -0.1) is 0 Å². The van der Waals surface area contributed by atoms with Crippen LogP contribution in [0.1, 0.15) is 0 Å². The molecule has 0 bridgehead atoms. The Labute approximate surface area is 171 Å². The molecule has 8 aromatic rings. The number of H-pyrrole nitrogens is 1. The first-order chi connectivity index (χ1) is 14.9. The molecule has 2 heteroatoms. The van der Waals surface area contributed by atoms with Crippen LogP contribution in [0.15, 0.2) is 91.0 Å². The summed E-state index contributed by atoms with van der Waals surface area (Å²) in [5.41, 5.74) is 6.23. The standard InChI is InChI=1S/C28H16N2/c1-2-7-17-15-25-21(14-16(17)6-1)19-9-5-10-22-26(19)27-23(29-22)13-12-20-18-8-3-4-11-24(18)30(25)28(20)27/h1-15,29H. The number of hydrogen-bond donors (Lipinski definition) is 1. The minimum atomic E-state index is 1.20. The van der Waals surface area contributed by atoms with Crippen molar-refractivity contribution in [3.8, 4) is 0 Å². The number of nitrogens with zero attached hydrogens (tertiary/aromatic N) is 1. The molecule has 30 heavy (non-hydrogen) atoms. The Hall–Kier alpha value is -4.04. The third-order valence-corrected chi connectivity index (χ3v) is 6.82. The highest BCUT2D eigenvalue weighted by molar-refractivity contribution is 6.32. The van der Waals surface area contributed by atoms with Gasteiger partial charge in [-0.3, -0.25) is 0 Å². The molecule has 0 amide bonds. The summed E-state index contributed by atoms with van der Waals surface area (Å²) < 4.78 is 2.49. The van der Waals surface area contributed by atoms with Gasteiger partial charge in [0.25, 0.3) is 0 Å². The van der Waals surface area contributed by atoms with Crippen molar-refractivity contribution in [3.05, 3.63) is 91.0 Å². The molecule has 0 saturated heterocycles. The summed E-state index contributed by atoms with van der Waals surface area (Å²) in [6.45, 7) is 0. The maximum absolute atomic E-state index is 3.67. The molecule has 2 nitrogen and oxygen atoms in total. The van der Waals surface area contributed by atoms with Crippen LogP contribution in [0.4, 0.5) is 0 Å². The number of rotatable bonds is 0. The van der Waals surface area contributed by atoms with Crippen LogP contribution >= 0.6 is 0 Å². The zero-order valence-electron chi connectivity index (χ0n) is 16.1. The van der Waals surface area contributed by atoms with Crippen LogP contribution in [0, 0.1) is 0 Å². The summed E-state index contributed by atoms with van der Waals surface area (Å²) in [5, 5.41) is 10.4. The van der Waals surface area contributed by atoms with Crippen molar-refractivity contribution >= 4 is 70.7 Å². The largest absolute Gasteiger partial charge is 0.354 e. The SMILES string of the molecule is c1ccc2cc3c(cc2c1)c1cccc2[nH]c4ccc5c6ccccc6n3c5c4c21. The minimum Gasteiger partial charge on any atom is -0.354 e. The predicted molar refractivity (Wildman–Crippen MR) is 128 cm³/mol. The second-order valence-corrected chi connectivity index (χ2v) is 8.31. The molecule has 3 heterocycles. The van der Waals surface area contributed by atoms with Crippen molar-refractivity contribution in [2.24, 2.45) is 0 Å². The van der Waals surface area contributed by atoms with E-state index in [1.165, 1.54) is 70.7 Å². The first kappa shape index (κ1) is 14.9. The van der Waals surface area contributed by atoms with Crippen LogP contribution in [-0.2, 0) is 0 Å². The van der Waals surface area contributed by atoms with E-state index in [4.69, 9.17) is 0 Å². The summed E-state index contributed by atoms with van der Waals surface area (Å²) in [7, 11) is 0. The Bertz CT molecular complexity index is 1950. The Kier molecular flexibility index (Phi) is 2.44. The van der Waals surface area contributed by atoms with E-state index in [9.17, 15) is 0 Å². The molecule has 0 aliphatic rings. The van der Waals surface area contributed by atoms with Crippen LogP contribution in [0.25, 0.3) is 70.7 Å². The van der Waals surface area contributed by atoms with E-state index >= 15 is 0 Å². The predicted octanol–water partition coefficient (Wildman–Crippen LogP) is 7.62. The lowest BCUT2D eigenvalue weighted by atomic mass is 10.0. The summed E-state index contributed by atoms with van der Waals surface area (Å²) >= 11 is 0. The van der Waals surface area contributed by atoms with E-state index in [0.29, 0.717) is 0 Å². The van der Waals surface area contributed by atoms with E-state index < -0.39 is 0 Å². The molecule has 0 saturated carbocycles. The fourth-order valence-electron chi connectivity index (χ4n) is 5.59. The van der Waals surface area contributed by atoms with Crippen LogP contribution in [0.2, 0.25) is 0 Å². The normalized spacial score (nSPS) is 12.7. The number of aromatic nitrogens is 2. The highest BCUT2D eigenvalue weighted by atomic mass is 14.9. The first-order valence-corrected chi connectivity index (χ1v) is 10.4. The lowest BCUT2D eigenvalue weighted by Crippen LogP contribution is -1.86. The van der Waals surface area contributed by atoms with Gasteiger partial charge in [-0.2, -0.15) is 0 Å². The van der Waals surface area contributed by atoms with E-state index in [1.54, 1.807) is 0 Å². The maximum Gasteiger partial charge on any atom is 0.0641 e. The van der Waals surface area contributed by atoms with Crippen molar-refractivity contribution in [1.82, 2.24) is 9.38 Å². The van der Waals surface area contributed by atoms with Gasteiger partial charge in [-0.05, 0) is 46.5 Å². The number of benzene rings is 5. The molecule has 0 fully saturated rings. The monoisotopic (exact) mass is 380 g/mol. The molecular weight excluding hydrogens is 364 g/mol. The molecular formula is C28H16N2. The summed E-state index contributed by atoms with van der Waals surface area (Å²) in [5.74, 6) is 0. The molecule has 0 radical (unpaired) electrons. The van der Waals surface area contributed by atoms with E-state index in [2.05, 4.69) is 100 Å². The van der Waals surface area contributed by atoms with Crippen molar-refractivity contribution in [1.29, 1.82) is 0 Å². The molecule has 138 valence electrons. The van der Waals surface area contributed by atoms with Gasteiger partial charge < -0.3 is 9.38 Å². The highest BCUT2D eigenvalue weighted by Crippen LogP contribution is 2.43. The second-order valence-electron chi connectivity index (χ2n) is 8.31. The van der Waals surface area contributed by atoms with E-state index in [-0.39, 0.29) is 0 Å². The summed E-state index contributed by atoms with van der Waals surface area (Å²) in [6, 6.07) is 33.3. The van der Waals surface area contributed by atoms with Gasteiger partial charge in [0.2, 0.25) is 0 Å². The topological polar surface area (TPSA) is 20.2 Å². The third kappa shape index (κ3) is 1.60. The average Bonchev–Trinajstić information content (AvgIpc) is 3.29. The summed E-state index contributed by atoms with van der Waals surface area (Å²) in [6.07, 6.45) is 0. The molecule has 0 aliphatic carbocycles. The number of aromatic amines is 1.